The lowest BCUT2D eigenvalue weighted by atomic mass is 10.1. The van der Waals surface area contributed by atoms with E-state index in [0.29, 0.717) is 19.0 Å². The maximum absolute atomic E-state index is 11.7. The lowest BCUT2D eigenvalue weighted by Gasteiger charge is -2.35. The summed E-state index contributed by atoms with van der Waals surface area (Å²) in [5, 5.41) is 4.20. The molecule has 21 heavy (non-hydrogen) atoms. The normalized spacial score (nSPS) is 19.8. The van der Waals surface area contributed by atoms with Gasteiger partial charge in [-0.15, -0.1) is 0 Å². The summed E-state index contributed by atoms with van der Waals surface area (Å²) in [5.74, 6) is 0.628. The van der Waals surface area contributed by atoms with Gasteiger partial charge in [0.2, 0.25) is 0 Å². The monoisotopic (exact) mass is 289 g/mol. The van der Waals surface area contributed by atoms with Gasteiger partial charge >= 0.3 is 0 Å². The lowest BCUT2D eigenvalue weighted by molar-refractivity contribution is -0.0153. The van der Waals surface area contributed by atoms with Gasteiger partial charge in [0.05, 0.1) is 30.6 Å². The first-order valence-electron chi connectivity index (χ1n) is 7.00. The number of aromatic nitrogens is 4. The number of morpholine rings is 1. The highest BCUT2D eigenvalue weighted by atomic mass is 16.5. The van der Waals surface area contributed by atoms with Crippen LogP contribution in [0, 0.1) is 6.92 Å². The predicted molar refractivity (Wildman–Crippen MR) is 76.8 cm³/mol. The van der Waals surface area contributed by atoms with Crippen molar-refractivity contribution < 1.29 is 4.74 Å². The second-order valence-electron chi connectivity index (χ2n) is 5.26. The Balaban J connectivity index is 1.87. The summed E-state index contributed by atoms with van der Waals surface area (Å²) >= 11 is 0. The molecule has 0 bridgehead atoms. The number of aryl methyl sites for hydroxylation is 2. The van der Waals surface area contributed by atoms with E-state index in [-0.39, 0.29) is 11.6 Å². The average molecular weight is 289 g/mol. The van der Waals surface area contributed by atoms with Crippen molar-refractivity contribution >= 4 is 0 Å². The number of H-pyrrole nitrogens is 1. The molecule has 2 aromatic rings. The van der Waals surface area contributed by atoms with Crippen molar-refractivity contribution in [1.29, 1.82) is 0 Å². The summed E-state index contributed by atoms with van der Waals surface area (Å²) in [6.07, 6.45) is 1.79. The van der Waals surface area contributed by atoms with Gasteiger partial charge in [0, 0.05) is 32.4 Å². The SMILES string of the molecule is Cc1nc([C@H]2COCCN2Cc2ccnn2C)cc(=O)[nH]1. The molecule has 1 aliphatic rings. The van der Waals surface area contributed by atoms with Crippen LogP contribution < -0.4 is 5.56 Å². The van der Waals surface area contributed by atoms with Gasteiger partial charge in [0.1, 0.15) is 5.82 Å². The van der Waals surface area contributed by atoms with E-state index in [1.807, 2.05) is 17.8 Å². The molecule has 3 heterocycles. The quantitative estimate of drug-likeness (QED) is 0.884. The molecule has 1 aliphatic heterocycles. The molecule has 1 N–H and O–H groups in total. The third-order valence-electron chi connectivity index (χ3n) is 3.75. The molecule has 112 valence electrons. The molecule has 2 aromatic heterocycles. The van der Waals surface area contributed by atoms with Crippen molar-refractivity contribution in [3.63, 3.8) is 0 Å². The first-order valence-corrected chi connectivity index (χ1v) is 7.00. The molecule has 0 spiro atoms. The number of aromatic amines is 1. The molecule has 1 fully saturated rings. The zero-order valence-corrected chi connectivity index (χ0v) is 12.2. The van der Waals surface area contributed by atoms with E-state index in [9.17, 15) is 4.79 Å². The van der Waals surface area contributed by atoms with Crippen LogP contribution in [0.2, 0.25) is 0 Å². The highest BCUT2D eigenvalue weighted by Gasteiger charge is 2.27. The standard InChI is InChI=1S/C14H19N5O2/c1-10-16-12(7-14(20)17-10)13-9-21-6-5-19(13)8-11-3-4-15-18(11)2/h3-4,7,13H,5-6,8-9H2,1-2H3,(H,16,17,20)/t13-/m1/s1. The second-order valence-corrected chi connectivity index (χ2v) is 5.26. The van der Waals surface area contributed by atoms with Crippen LogP contribution in [-0.2, 0) is 18.3 Å². The Bertz CT molecular complexity index is 678. The first kappa shape index (κ1) is 14.0. The molecular weight excluding hydrogens is 270 g/mol. The van der Waals surface area contributed by atoms with Crippen molar-refractivity contribution in [3.8, 4) is 0 Å². The van der Waals surface area contributed by atoms with Crippen LogP contribution in [0.3, 0.4) is 0 Å². The van der Waals surface area contributed by atoms with E-state index in [2.05, 4.69) is 20.0 Å². The third kappa shape index (κ3) is 3.03. The van der Waals surface area contributed by atoms with Gasteiger partial charge in [-0.25, -0.2) is 4.98 Å². The highest BCUT2D eigenvalue weighted by Crippen LogP contribution is 2.23. The van der Waals surface area contributed by atoms with E-state index in [0.717, 1.165) is 24.5 Å². The number of hydrogen-bond acceptors (Lipinski definition) is 5. The van der Waals surface area contributed by atoms with E-state index < -0.39 is 0 Å². The minimum atomic E-state index is -0.122. The van der Waals surface area contributed by atoms with Crippen molar-refractivity contribution in [1.82, 2.24) is 24.6 Å². The van der Waals surface area contributed by atoms with Crippen molar-refractivity contribution in [2.24, 2.45) is 7.05 Å². The molecule has 7 heteroatoms. The number of hydrogen-bond donors (Lipinski definition) is 1. The van der Waals surface area contributed by atoms with Gasteiger partial charge < -0.3 is 9.72 Å². The highest BCUT2D eigenvalue weighted by molar-refractivity contribution is 5.10. The summed E-state index contributed by atoms with van der Waals surface area (Å²) < 4.78 is 7.44. The van der Waals surface area contributed by atoms with E-state index >= 15 is 0 Å². The molecule has 0 aromatic carbocycles. The van der Waals surface area contributed by atoms with Crippen LogP contribution >= 0.6 is 0 Å². The van der Waals surface area contributed by atoms with Gasteiger partial charge in [-0.1, -0.05) is 0 Å². The predicted octanol–water partition coefficient (Wildman–Crippen LogP) is 0.385. The molecule has 0 radical (unpaired) electrons. The molecule has 1 saturated heterocycles. The Morgan fingerprint density at radius 1 is 1.52 bits per heavy atom. The second kappa shape index (κ2) is 5.79. The fraction of sp³-hybridized carbons (Fsp3) is 0.500. The molecule has 1 atom stereocenters. The number of rotatable bonds is 3. The summed E-state index contributed by atoms with van der Waals surface area (Å²) in [6.45, 7) is 4.60. The Morgan fingerprint density at radius 3 is 3.10 bits per heavy atom. The molecule has 0 unspecified atom stereocenters. The number of nitrogens with one attached hydrogen (secondary N) is 1. The molecule has 0 aliphatic carbocycles. The van der Waals surface area contributed by atoms with Crippen LogP contribution in [-0.4, -0.2) is 44.4 Å². The van der Waals surface area contributed by atoms with Crippen molar-refractivity contribution in [3.05, 3.63) is 45.9 Å². The number of nitrogens with zero attached hydrogens (tertiary/aromatic N) is 4. The summed E-state index contributed by atoms with van der Waals surface area (Å²) in [6, 6.07) is 3.56. The zero-order chi connectivity index (χ0) is 14.8. The summed E-state index contributed by atoms with van der Waals surface area (Å²) in [4.78, 5) is 21.1. The fourth-order valence-corrected chi connectivity index (χ4v) is 2.64. The minimum Gasteiger partial charge on any atom is -0.378 e. The van der Waals surface area contributed by atoms with Crippen LogP contribution in [0.5, 0.6) is 0 Å². The van der Waals surface area contributed by atoms with E-state index in [1.165, 1.54) is 0 Å². The molecular formula is C14H19N5O2. The molecule has 3 rings (SSSR count). The fourth-order valence-electron chi connectivity index (χ4n) is 2.64. The Labute approximate surface area is 122 Å². The maximum Gasteiger partial charge on any atom is 0.251 e. The van der Waals surface area contributed by atoms with Crippen LogP contribution in [0.1, 0.15) is 23.3 Å². The maximum atomic E-state index is 11.7. The van der Waals surface area contributed by atoms with E-state index in [4.69, 9.17) is 4.74 Å². The Hall–Kier alpha value is -1.99. The van der Waals surface area contributed by atoms with Gasteiger partial charge in [-0.2, -0.15) is 5.10 Å². The third-order valence-corrected chi connectivity index (χ3v) is 3.75. The van der Waals surface area contributed by atoms with Gasteiger partial charge in [-0.3, -0.25) is 14.4 Å². The van der Waals surface area contributed by atoms with Crippen LogP contribution in [0.15, 0.2) is 23.1 Å². The molecule has 0 saturated carbocycles. The van der Waals surface area contributed by atoms with Gasteiger partial charge in [-0.05, 0) is 13.0 Å². The first-order chi connectivity index (χ1) is 10.1. The largest absolute Gasteiger partial charge is 0.378 e. The molecule has 0 amide bonds. The minimum absolute atomic E-state index is 0.00495. The average Bonchev–Trinajstić information content (AvgIpc) is 2.84. The zero-order valence-electron chi connectivity index (χ0n) is 12.2. The van der Waals surface area contributed by atoms with E-state index in [1.54, 1.807) is 19.2 Å². The Morgan fingerprint density at radius 2 is 2.38 bits per heavy atom. The van der Waals surface area contributed by atoms with Gasteiger partial charge in [0.25, 0.3) is 5.56 Å². The smallest absolute Gasteiger partial charge is 0.251 e. The van der Waals surface area contributed by atoms with Crippen LogP contribution in [0.4, 0.5) is 0 Å². The van der Waals surface area contributed by atoms with Crippen molar-refractivity contribution in [2.75, 3.05) is 19.8 Å². The Kier molecular flexibility index (Phi) is 3.85. The molecule has 7 nitrogen and oxygen atoms in total. The summed E-state index contributed by atoms with van der Waals surface area (Å²) in [5.41, 5.74) is 1.77. The topological polar surface area (TPSA) is 76.0 Å². The van der Waals surface area contributed by atoms with Crippen molar-refractivity contribution in [2.45, 2.75) is 19.5 Å². The van der Waals surface area contributed by atoms with Gasteiger partial charge in [0.15, 0.2) is 0 Å². The lowest BCUT2D eigenvalue weighted by Crippen LogP contribution is -2.40. The van der Waals surface area contributed by atoms with Crippen LogP contribution in [0.25, 0.3) is 0 Å². The summed E-state index contributed by atoms with van der Waals surface area (Å²) in [7, 11) is 1.93. The number of ether oxygens (including phenoxy) is 1.